The van der Waals surface area contributed by atoms with Crippen molar-refractivity contribution in [3.8, 4) is 0 Å². The number of amides is 2. The average Bonchev–Trinajstić information content (AvgIpc) is 2.72. The third-order valence-electron chi connectivity index (χ3n) is 6.24. The van der Waals surface area contributed by atoms with Crippen molar-refractivity contribution >= 4 is 17.4 Å². The number of aryl methyl sites for hydroxylation is 1. The van der Waals surface area contributed by atoms with Crippen molar-refractivity contribution in [3.05, 3.63) is 59.2 Å². The molecule has 1 heterocycles. The van der Waals surface area contributed by atoms with E-state index in [0.717, 1.165) is 12.1 Å². The van der Waals surface area contributed by atoms with Gasteiger partial charge in [0.25, 0.3) is 0 Å². The predicted molar refractivity (Wildman–Crippen MR) is 116 cm³/mol. The van der Waals surface area contributed by atoms with Crippen LogP contribution in [0.15, 0.2) is 42.5 Å². The minimum atomic E-state index is -0.122. The zero-order valence-corrected chi connectivity index (χ0v) is 16.9. The maximum absolute atomic E-state index is 12.0. The molecular weight excluding hydrogens is 346 g/mol. The number of nitrogens with one attached hydrogen (secondary N) is 3. The number of fused-ring (bicyclic) bond motifs is 3. The lowest BCUT2D eigenvalue weighted by molar-refractivity contribution is 0.252. The van der Waals surface area contributed by atoms with Crippen LogP contribution < -0.4 is 16.0 Å². The largest absolute Gasteiger partial charge is 0.378 e. The van der Waals surface area contributed by atoms with Gasteiger partial charge >= 0.3 is 6.03 Å². The number of carbonyl (C=O) groups excluding carboxylic acids is 1. The summed E-state index contributed by atoms with van der Waals surface area (Å²) < 4.78 is 0. The molecule has 1 fully saturated rings. The molecule has 0 aromatic heterocycles. The third-order valence-corrected chi connectivity index (χ3v) is 6.24. The van der Waals surface area contributed by atoms with E-state index in [0.29, 0.717) is 24.4 Å². The van der Waals surface area contributed by atoms with Crippen LogP contribution in [0.5, 0.6) is 0 Å². The Labute approximate surface area is 168 Å². The third kappa shape index (κ3) is 3.87. The van der Waals surface area contributed by atoms with Crippen LogP contribution in [0, 0.1) is 12.8 Å². The number of hydrogen-bond acceptors (Lipinski definition) is 2. The summed E-state index contributed by atoms with van der Waals surface area (Å²) in [6, 6.07) is 15.5. The molecule has 0 spiro atoms. The van der Waals surface area contributed by atoms with Crippen LogP contribution >= 0.6 is 0 Å². The van der Waals surface area contributed by atoms with Gasteiger partial charge in [0, 0.05) is 17.9 Å². The number of rotatable bonds is 4. The summed E-state index contributed by atoms with van der Waals surface area (Å²) in [6.45, 7) is 4.89. The van der Waals surface area contributed by atoms with Crippen LogP contribution in [0.3, 0.4) is 0 Å². The molecule has 4 rings (SSSR count). The molecule has 1 aliphatic heterocycles. The van der Waals surface area contributed by atoms with Gasteiger partial charge in [-0.3, -0.25) is 0 Å². The predicted octanol–water partition coefficient (Wildman–Crippen LogP) is 5.97. The average molecular weight is 378 g/mol. The Balaban J connectivity index is 1.61. The van der Waals surface area contributed by atoms with E-state index in [1.807, 2.05) is 6.07 Å². The van der Waals surface area contributed by atoms with Gasteiger partial charge in [-0.2, -0.15) is 0 Å². The maximum Gasteiger partial charge on any atom is 0.319 e. The second-order valence-electron chi connectivity index (χ2n) is 8.27. The zero-order chi connectivity index (χ0) is 19.5. The molecule has 1 aliphatic carbocycles. The SMILES string of the molecule is CCCNC(=O)Nc1ccc2c(c1)C1CCCCC1C(c1ccc(C)cc1)N2. The van der Waals surface area contributed by atoms with E-state index in [2.05, 4.69) is 66.2 Å². The van der Waals surface area contributed by atoms with Gasteiger partial charge in [0.2, 0.25) is 0 Å². The van der Waals surface area contributed by atoms with E-state index in [4.69, 9.17) is 0 Å². The summed E-state index contributed by atoms with van der Waals surface area (Å²) >= 11 is 0. The van der Waals surface area contributed by atoms with Crippen molar-refractivity contribution in [3.63, 3.8) is 0 Å². The van der Waals surface area contributed by atoms with E-state index in [9.17, 15) is 4.79 Å². The van der Waals surface area contributed by atoms with Crippen molar-refractivity contribution in [1.82, 2.24) is 5.32 Å². The number of hydrogen-bond donors (Lipinski definition) is 3. The van der Waals surface area contributed by atoms with Crippen molar-refractivity contribution in [2.75, 3.05) is 17.2 Å². The molecular formula is C24H31N3O. The highest BCUT2D eigenvalue weighted by Crippen LogP contribution is 2.51. The molecule has 0 bridgehead atoms. The summed E-state index contributed by atoms with van der Waals surface area (Å²) in [6.07, 6.45) is 6.01. The Kier molecular flexibility index (Phi) is 5.56. The molecule has 3 unspecified atom stereocenters. The molecule has 2 aromatic rings. The highest BCUT2D eigenvalue weighted by Gasteiger charge is 2.38. The number of carbonyl (C=O) groups is 1. The monoisotopic (exact) mass is 377 g/mol. The number of anilines is 2. The first-order chi connectivity index (χ1) is 13.7. The van der Waals surface area contributed by atoms with Gasteiger partial charge in [0.15, 0.2) is 0 Å². The minimum Gasteiger partial charge on any atom is -0.378 e. The fourth-order valence-electron chi connectivity index (χ4n) is 4.82. The molecule has 0 radical (unpaired) electrons. The first-order valence-electron chi connectivity index (χ1n) is 10.7. The first kappa shape index (κ1) is 18.9. The summed E-state index contributed by atoms with van der Waals surface area (Å²) in [5, 5.41) is 9.70. The van der Waals surface area contributed by atoms with E-state index in [1.54, 1.807) is 0 Å². The van der Waals surface area contributed by atoms with Crippen LogP contribution in [0.25, 0.3) is 0 Å². The molecule has 0 saturated heterocycles. The van der Waals surface area contributed by atoms with E-state index >= 15 is 0 Å². The topological polar surface area (TPSA) is 53.2 Å². The first-order valence-corrected chi connectivity index (χ1v) is 10.7. The van der Waals surface area contributed by atoms with Crippen LogP contribution in [0.4, 0.5) is 16.2 Å². The summed E-state index contributed by atoms with van der Waals surface area (Å²) in [5.74, 6) is 1.16. The van der Waals surface area contributed by atoms with Gasteiger partial charge in [0.1, 0.15) is 0 Å². The molecule has 2 aromatic carbocycles. The fourth-order valence-corrected chi connectivity index (χ4v) is 4.82. The Morgan fingerprint density at radius 1 is 1.11 bits per heavy atom. The van der Waals surface area contributed by atoms with Gasteiger partial charge in [0.05, 0.1) is 6.04 Å². The number of urea groups is 1. The van der Waals surface area contributed by atoms with Crippen LogP contribution in [0.2, 0.25) is 0 Å². The lowest BCUT2D eigenvalue weighted by atomic mass is 9.68. The van der Waals surface area contributed by atoms with Crippen molar-refractivity contribution in [2.24, 2.45) is 5.92 Å². The summed E-state index contributed by atoms with van der Waals surface area (Å²) in [4.78, 5) is 12.0. The molecule has 3 N–H and O–H groups in total. The quantitative estimate of drug-likeness (QED) is 0.615. The maximum atomic E-state index is 12.0. The zero-order valence-electron chi connectivity index (χ0n) is 16.9. The van der Waals surface area contributed by atoms with Gasteiger partial charge in [-0.05, 0) is 67.3 Å². The van der Waals surface area contributed by atoms with Gasteiger partial charge in [-0.25, -0.2) is 4.79 Å². The molecule has 1 saturated carbocycles. The molecule has 4 heteroatoms. The lowest BCUT2D eigenvalue weighted by Gasteiger charge is -2.44. The van der Waals surface area contributed by atoms with E-state index < -0.39 is 0 Å². The van der Waals surface area contributed by atoms with Crippen LogP contribution in [-0.4, -0.2) is 12.6 Å². The molecule has 28 heavy (non-hydrogen) atoms. The van der Waals surface area contributed by atoms with Crippen LogP contribution in [0.1, 0.15) is 67.7 Å². The second-order valence-corrected chi connectivity index (χ2v) is 8.27. The Bertz CT molecular complexity index is 830. The Morgan fingerprint density at radius 2 is 1.89 bits per heavy atom. The molecule has 2 aliphatic rings. The molecule has 148 valence electrons. The Hall–Kier alpha value is -2.49. The lowest BCUT2D eigenvalue weighted by Crippen LogP contribution is -2.34. The second kappa shape index (κ2) is 8.26. The highest BCUT2D eigenvalue weighted by atomic mass is 16.2. The summed E-state index contributed by atoms with van der Waals surface area (Å²) in [5.41, 5.74) is 6.15. The Morgan fingerprint density at radius 3 is 2.68 bits per heavy atom. The van der Waals surface area contributed by atoms with E-state index in [1.165, 1.54) is 48.1 Å². The van der Waals surface area contributed by atoms with Gasteiger partial charge < -0.3 is 16.0 Å². The normalized spacial score (nSPS) is 23.1. The van der Waals surface area contributed by atoms with E-state index in [-0.39, 0.29) is 6.03 Å². The molecule has 2 amide bonds. The van der Waals surface area contributed by atoms with Crippen molar-refractivity contribution in [1.29, 1.82) is 0 Å². The minimum absolute atomic E-state index is 0.122. The highest BCUT2D eigenvalue weighted by molar-refractivity contribution is 5.89. The fraction of sp³-hybridized carbons (Fsp3) is 0.458. The molecule has 3 atom stereocenters. The smallest absolute Gasteiger partial charge is 0.319 e. The molecule has 4 nitrogen and oxygen atoms in total. The summed E-state index contributed by atoms with van der Waals surface area (Å²) in [7, 11) is 0. The standard InChI is InChI=1S/C24H31N3O/c1-3-14-25-24(28)26-18-12-13-22-21(15-18)19-6-4-5-7-20(19)23(27-22)17-10-8-16(2)9-11-17/h8-13,15,19-20,23,27H,3-7,14H2,1-2H3,(H2,25,26,28). The van der Waals surface area contributed by atoms with Gasteiger partial charge in [-0.15, -0.1) is 0 Å². The number of benzene rings is 2. The van der Waals surface area contributed by atoms with Crippen molar-refractivity contribution < 1.29 is 4.79 Å². The van der Waals surface area contributed by atoms with Crippen molar-refractivity contribution in [2.45, 2.75) is 57.9 Å². The van der Waals surface area contributed by atoms with Crippen LogP contribution in [-0.2, 0) is 0 Å². The van der Waals surface area contributed by atoms with Gasteiger partial charge in [-0.1, -0.05) is 49.6 Å².